The molecular weight excluding hydrogens is 356 g/mol. The molecule has 2 aliphatic heterocycles. The van der Waals surface area contributed by atoms with Gasteiger partial charge < -0.3 is 19.3 Å². The van der Waals surface area contributed by atoms with Crippen LogP contribution in [0.25, 0.3) is 0 Å². The molecule has 0 radical (unpaired) electrons. The Kier molecular flexibility index (Phi) is 4.32. The molecule has 0 atom stereocenters. The number of rotatable bonds is 3. The Morgan fingerprint density at radius 3 is 2.77 bits per heavy atom. The molecule has 0 aliphatic carbocycles. The first-order valence-electron chi connectivity index (χ1n) is 8.67. The standard InChI is InChI=1S/C18H20N2O5S/c1-11-8-13(25-19-11)10-15(21)20-5-3-18(4-6-20)16-12(2-7-24-18)9-14(26-16)17(22)23/h8-9H,2-7,10H2,1H3,(H,22,23). The highest BCUT2D eigenvalue weighted by Gasteiger charge is 2.43. The number of ether oxygens (including phenoxy) is 1. The second kappa shape index (κ2) is 6.51. The molecule has 1 amide bonds. The number of likely N-dealkylation sites (tertiary alicyclic amines) is 1. The number of nitrogens with zero attached hydrogens (tertiary/aromatic N) is 2. The van der Waals surface area contributed by atoms with Crippen LogP contribution >= 0.6 is 11.3 Å². The van der Waals surface area contributed by atoms with Crippen LogP contribution in [0.15, 0.2) is 16.7 Å². The van der Waals surface area contributed by atoms with Gasteiger partial charge in [0, 0.05) is 24.0 Å². The van der Waals surface area contributed by atoms with Gasteiger partial charge in [0.25, 0.3) is 0 Å². The van der Waals surface area contributed by atoms with Gasteiger partial charge in [-0.3, -0.25) is 4.79 Å². The van der Waals surface area contributed by atoms with Crippen LogP contribution in [0.4, 0.5) is 0 Å². The number of hydrogen-bond acceptors (Lipinski definition) is 6. The van der Waals surface area contributed by atoms with Gasteiger partial charge in [-0.1, -0.05) is 5.16 Å². The number of aromatic carboxylic acids is 1. The minimum atomic E-state index is -0.894. The summed E-state index contributed by atoms with van der Waals surface area (Å²) in [7, 11) is 0. The van der Waals surface area contributed by atoms with Crippen molar-refractivity contribution in [2.24, 2.45) is 0 Å². The van der Waals surface area contributed by atoms with E-state index in [1.54, 1.807) is 12.1 Å². The summed E-state index contributed by atoms with van der Waals surface area (Å²) in [5.74, 6) is -0.299. The van der Waals surface area contributed by atoms with E-state index in [2.05, 4.69) is 5.16 Å². The largest absolute Gasteiger partial charge is 0.477 e. The number of amides is 1. The molecule has 2 aromatic heterocycles. The van der Waals surface area contributed by atoms with Crippen molar-refractivity contribution in [1.29, 1.82) is 0 Å². The van der Waals surface area contributed by atoms with Crippen LogP contribution < -0.4 is 0 Å². The molecule has 0 unspecified atom stereocenters. The van der Waals surface area contributed by atoms with Crippen molar-refractivity contribution < 1.29 is 24.0 Å². The van der Waals surface area contributed by atoms with Crippen LogP contribution in [0.5, 0.6) is 0 Å². The van der Waals surface area contributed by atoms with E-state index in [-0.39, 0.29) is 12.3 Å². The number of carboxylic acid groups (broad SMARTS) is 1. The van der Waals surface area contributed by atoms with Crippen LogP contribution in [-0.4, -0.2) is 46.7 Å². The minimum absolute atomic E-state index is 0.0180. The van der Waals surface area contributed by atoms with Crippen molar-refractivity contribution in [3.05, 3.63) is 38.9 Å². The van der Waals surface area contributed by atoms with Crippen LogP contribution in [0, 0.1) is 6.92 Å². The summed E-state index contributed by atoms with van der Waals surface area (Å²) < 4.78 is 11.3. The summed E-state index contributed by atoms with van der Waals surface area (Å²) in [5.41, 5.74) is 1.39. The van der Waals surface area contributed by atoms with E-state index in [4.69, 9.17) is 9.26 Å². The zero-order valence-corrected chi connectivity index (χ0v) is 15.3. The third-order valence-electron chi connectivity index (χ3n) is 5.11. The van der Waals surface area contributed by atoms with Gasteiger partial charge in [-0.25, -0.2) is 4.79 Å². The molecule has 2 aromatic rings. The topological polar surface area (TPSA) is 92.9 Å². The van der Waals surface area contributed by atoms with E-state index in [1.807, 2.05) is 11.8 Å². The number of hydrogen-bond donors (Lipinski definition) is 1. The van der Waals surface area contributed by atoms with Crippen molar-refractivity contribution in [2.45, 2.75) is 38.2 Å². The van der Waals surface area contributed by atoms with E-state index in [1.165, 1.54) is 11.3 Å². The second-order valence-electron chi connectivity index (χ2n) is 6.86. The van der Waals surface area contributed by atoms with Gasteiger partial charge in [0.2, 0.25) is 5.91 Å². The normalized spacial score (nSPS) is 18.7. The molecule has 138 valence electrons. The van der Waals surface area contributed by atoms with Crippen molar-refractivity contribution >= 4 is 23.2 Å². The Balaban J connectivity index is 1.46. The smallest absolute Gasteiger partial charge is 0.345 e. The van der Waals surface area contributed by atoms with E-state index in [0.717, 1.165) is 22.6 Å². The summed E-state index contributed by atoms with van der Waals surface area (Å²) in [4.78, 5) is 27.0. The van der Waals surface area contributed by atoms with E-state index >= 15 is 0 Å². The number of fused-ring (bicyclic) bond motifs is 2. The summed E-state index contributed by atoms with van der Waals surface area (Å²) in [6, 6.07) is 3.55. The summed E-state index contributed by atoms with van der Waals surface area (Å²) >= 11 is 1.31. The fourth-order valence-electron chi connectivity index (χ4n) is 3.78. The summed E-state index contributed by atoms with van der Waals surface area (Å²) in [6.07, 6.45) is 2.32. The van der Waals surface area contributed by atoms with Gasteiger partial charge in [-0.15, -0.1) is 11.3 Å². The lowest BCUT2D eigenvalue weighted by Gasteiger charge is -2.43. The number of thiophene rings is 1. The highest BCUT2D eigenvalue weighted by Crippen LogP contribution is 2.45. The molecule has 26 heavy (non-hydrogen) atoms. The Labute approximate surface area is 154 Å². The lowest BCUT2D eigenvalue weighted by Crippen LogP contribution is -2.48. The van der Waals surface area contributed by atoms with Gasteiger partial charge >= 0.3 is 5.97 Å². The predicted octanol–water partition coefficient (Wildman–Crippen LogP) is 2.38. The SMILES string of the molecule is Cc1cc(CC(=O)N2CCC3(CC2)OCCc2cc(C(=O)O)sc23)on1. The number of piperidine rings is 1. The van der Waals surface area contributed by atoms with E-state index in [9.17, 15) is 14.7 Å². The monoisotopic (exact) mass is 376 g/mol. The van der Waals surface area contributed by atoms with E-state index < -0.39 is 11.6 Å². The average Bonchev–Trinajstić information content (AvgIpc) is 3.23. The Hall–Kier alpha value is -2.19. The maximum Gasteiger partial charge on any atom is 0.345 e. The number of aryl methyl sites for hydroxylation is 1. The number of carbonyl (C=O) groups is 2. The lowest BCUT2D eigenvalue weighted by atomic mass is 9.85. The molecule has 4 rings (SSSR count). The molecule has 1 saturated heterocycles. The maximum atomic E-state index is 12.5. The van der Waals surface area contributed by atoms with Crippen molar-refractivity contribution in [2.75, 3.05) is 19.7 Å². The van der Waals surface area contributed by atoms with Crippen LogP contribution in [0.1, 0.15) is 44.4 Å². The molecule has 2 aliphatic rings. The van der Waals surface area contributed by atoms with Crippen LogP contribution in [0.3, 0.4) is 0 Å². The van der Waals surface area contributed by atoms with Gasteiger partial charge in [-0.2, -0.15) is 0 Å². The highest BCUT2D eigenvalue weighted by molar-refractivity contribution is 7.14. The molecular formula is C18H20N2O5S. The molecule has 1 spiro atoms. The molecule has 7 nitrogen and oxygen atoms in total. The van der Waals surface area contributed by atoms with Gasteiger partial charge in [0.1, 0.15) is 16.2 Å². The molecule has 0 saturated carbocycles. The van der Waals surface area contributed by atoms with E-state index in [0.29, 0.717) is 43.2 Å². The van der Waals surface area contributed by atoms with Gasteiger partial charge in [-0.05, 0) is 37.8 Å². The Bertz CT molecular complexity index is 848. The first kappa shape index (κ1) is 17.2. The molecule has 4 heterocycles. The molecule has 0 bridgehead atoms. The second-order valence-corrected chi connectivity index (χ2v) is 7.91. The highest BCUT2D eigenvalue weighted by atomic mass is 32.1. The zero-order valence-electron chi connectivity index (χ0n) is 14.5. The first-order chi connectivity index (χ1) is 12.5. The number of aromatic nitrogens is 1. The molecule has 8 heteroatoms. The zero-order chi connectivity index (χ0) is 18.3. The van der Waals surface area contributed by atoms with Crippen molar-refractivity contribution in [3.63, 3.8) is 0 Å². The molecule has 0 aromatic carbocycles. The predicted molar refractivity (Wildman–Crippen MR) is 93.4 cm³/mol. The third kappa shape index (κ3) is 3.03. The third-order valence-corrected chi connectivity index (χ3v) is 6.46. The summed E-state index contributed by atoms with van der Waals surface area (Å²) in [6.45, 7) is 3.60. The van der Waals surface area contributed by atoms with Gasteiger partial charge in [0.15, 0.2) is 0 Å². The average molecular weight is 376 g/mol. The van der Waals surface area contributed by atoms with Crippen molar-refractivity contribution in [3.8, 4) is 0 Å². The lowest BCUT2D eigenvalue weighted by molar-refractivity contribution is -0.139. The molecule has 1 fully saturated rings. The van der Waals surface area contributed by atoms with Crippen LogP contribution in [-0.2, 0) is 28.0 Å². The number of carboxylic acids is 1. The fraction of sp³-hybridized carbons (Fsp3) is 0.500. The molecule has 1 N–H and O–H groups in total. The summed E-state index contributed by atoms with van der Waals surface area (Å²) in [5, 5.41) is 13.1. The quantitative estimate of drug-likeness (QED) is 0.884. The Morgan fingerprint density at radius 1 is 1.35 bits per heavy atom. The van der Waals surface area contributed by atoms with Gasteiger partial charge in [0.05, 0.1) is 18.7 Å². The number of carbonyl (C=O) groups excluding carboxylic acids is 1. The Morgan fingerprint density at radius 2 is 2.12 bits per heavy atom. The first-order valence-corrected chi connectivity index (χ1v) is 9.49. The maximum absolute atomic E-state index is 12.5. The fourth-order valence-corrected chi connectivity index (χ4v) is 5.03. The van der Waals surface area contributed by atoms with Crippen molar-refractivity contribution in [1.82, 2.24) is 10.1 Å². The minimum Gasteiger partial charge on any atom is -0.477 e. The van der Waals surface area contributed by atoms with Crippen LogP contribution in [0.2, 0.25) is 0 Å².